The maximum absolute atomic E-state index is 11.2. The van der Waals surface area contributed by atoms with Crippen LogP contribution in [-0.2, 0) is 0 Å². The fraction of sp³-hybridized carbons (Fsp3) is 0.0833. The molecule has 0 radical (unpaired) electrons. The van der Waals surface area contributed by atoms with E-state index in [1.54, 1.807) is 12.1 Å². The van der Waals surface area contributed by atoms with Gasteiger partial charge in [0.05, 0.1) is 5.02 Å². The minimum Gasteiger partial charge on any atom is -0.477 e. The Morgan fingerprint density at radius 2 is 2.42 bits per heavy atom. The van der Waals surface area contributed by atoms with E-state index in [4.69, 9.17) is 21.4 Å². The van der Waals surface area contributed by atoms with Crippen LogP contribution < -0.4 is 4.74 Å². The molecule has 0 unspecified atom stereocenters. The van der Waals surface area contributed by atoms with Gasteiger partial charge in [0.15, 0.2) is 11.5 Å². The molecule has 2 rings (SSSR count). The Morgan fingerprint density at radius 1 is 1.63 bits per heavy atom. The number of ether oxygens (including phenoxy) is 1. The third kappa shape index (κ3) is 2.74. The van der Waals surface area contributed by atoms with Gasteiger partial charge in [-0.3, -0.25) is 0 Å². The van der Waals surface area contributed by atoms with Crippen LogP contribution in [0.1, 0.15) is 10.5 Å². The fourth-order valence-electron chi connectivity index (χ4n) is 1.42. The Bertz CT molecular complexity index is 624. The summed E-state index contributed by atoms with van der Waals surface area (Å²) in [6.07, 6.45) is 3.03. The summed E-state index contributed by atoms with van der Waals surface area (Å²) in [6.45, 7) is 3.73. The van der Waals surface area contributed by atoms with Crippen molar-refractivity contribution >= 4 is 17.6 Å². The van der Waals surface area contributed by atoms with E-state index in [0.717, 1.165) is 4.68 Å². The molecular weight excluding hydrogens is 270 g/mol. The Balaban J connectivity index is 2.49. The standard InChI is InChI=1S/C12H10ClN3O3/c1-2-6-19-10-7-9(12(17)18)16(15-10)11-8(13)4-3-5-14-11/h2-5,7H,1,6H2,(H,17,18). The molecule has 0 spiro atoms. The number of carboxylic acid groups (broad SMARTS) is 1. The van der Waals surface area contributed by atoms with Crippen molar-refractivity contribution in [1.29, 1.82) is 0 Å². The van der Waals surface area contributed by atoms with Crippen molar-refractivity contribution < 1.29 is 14.6 Å². The zero-order valence-electron chi connectivity index (χ0n) is 9.78. The van der Waals surface area contributed by atoms with Gasteiger partial charge in [-0.05, 0) is 12.1 Å². The highest BCUT2D eigenvalue weighted by atomic mass is 35.5. The number of hydrogen-bond acceptors (Lipinski definition) is 4. The molecule has 19 heavy (non-hydrogen) atoms. The first-order valence-electron chi connectivity index (χ1n) is 5.31. The van der Waals surface area contributed by atoms with Gasteiger partial charge < -0.3 is 9.84 Å². The van der Waals surface area contributed by atoms with Crippen LogP contribution in [0.2, 0.25) is 5.02 Å². The van der Waals surface area contributed by atoms with Crippen LogP contribution in [0.3, 0.4) is 0 Å². The molecule has 2 heterocycles. The molecule has 0 aliphatic rings. The molecule has 0 amide bonds. The minimum atomic E-state index is -1.15. The van der Waals surface area contributed by atoms with Crippen molar-refractivity contribution in [2.24, 2.45) is 0 Å². The van der Waals surface area contributed by atoms with Crippen molar-refractivity contribution in [1.82, 2.24) is 14.8 Å². The van der Waals surface area contributed by atoms with Crippen LogP contribution in [0.15, 0.2) is 37.1 Å². The predicted molar refractivity (Wildman–Crippen MR) is 69.0 cm³/mol. The molecular formula is C12H10ClN3O3. The largest absolute Gasteiger partial charge is 0.477 e. The van der Waals surface area contributed by atoms with Gasteiger partial charge >= 0.3 is 5.97 Å². The molecule has 2 aromatic rings. The minimum absolute atomic E-state index is 0.0836. The van der Waals surface area contributed by atoms with E-state index in [1.165, 1.54) is 18.3 Å². The molecule has 0 aromatic carbocycles. The van der Waals surface area contributed by atoms with Gasteiger partial charge in [-0.15, -0.1) is 5.10 Å². The highest BCUT2D eigenvalue weighted by Gasteiger charge is 2.18. The second-order valence-electron chi connectivity index (χ2n) is 3.49. The number of pyridine rings is 1. The number of aromatic nitrogens is 3. The highest BCUT2D eigenvalue weighted by Crippen LogP contribution is 2.21. The second-order valence-corrected chi connectivity index (χ2v) is 3.90. The Morgan fingerprint density at radius 3 is 3.05 bits per heavy atom. The maximum atomic E-state index is 11.2. The third-order valence-corrected chi connectivity index (χ3v) is 2.49. The average molecular weight is 280 g/mol. The lowest BCUT2D eigenvalue weighted by Gasteiger charge is -2.04. The van der Waals surface area contributed by atoms with Crippen molar-refractivity contribution in [3.8, 4) is 11.7 Å². The number of halogens is 1. The zero-order chi connectivity index (χ0) is 13.8. The first-order chi connectivity index (χ1) is 9.13. The summed E-state index contributed by atoms with van der Waals surface area (Å²) in [4.78, 5) is 15.2. The summed E-state index contributed by atoms with van der Waals surface area (Å²) in [5.74, 6) is -0.753. The summed E-state index contributed by atoms with van der Waals surface area (Å²) in [6, 6.07) is 4.54. The van der Waals surface area contributed by atoms with Gasteiger partial charge in [-0.1, -0.05) is 24.3 Å². The van der Waals surface area contributed by atoms with E-state index in [9.17, 15) is 4.79 Å². The van der Waals surface area contributed by atoms with E-state index in [0.29, 0.717) is 5.02 Å². The molecule has 0 aliphatic heterocycles. The smallest absolute Gasteiger partial charge is 0.354 e. The number of aromatic carboxylic acids is 1. The van der Waals surface area contributed by atoms with Gasteiger partial charge in [0.1, 0.15) is 6.61 Å². The normalized spacial score (nSPS) is 10.2. The molecule has 7 heteroatoms. The van der Waals surface area contributed by atoms with Crippen LogP contribution in [0.4, 0.5) is 0 Å². The first-order valence-corrected chi connectivity index (χ1v) is 5.69. The van der Waals surface area contributed by atoms with Crippen LogP contribution in [0.25, 0.3) is 5.82 Å². The van der Waals surface area contributed by atoms with Crippen LogP contribution in [0.5, 0.6) is 5.88 Å². The molecule has 98 valence electrons. The Labute approximate surface area is 113 Å². The number of rotatable bonds is 5. The summed E-state index contributed by atoms with van der Waals surface area (Å²) in [5.41, 5.74) is -0.0836. The molecule has 0 bridgehead atoms. The van der Waals surface area contributed by atoms with Crippen molar-refractivity contribution in [2.45, 2.75) is 0 Å². The Kier molecular flexibility index (Phi) is 3.82. The Hall–Kier alpha value is -2.34. The zero-order valence-corrected chi connectivity index (χ0v) is 10.5. The molecule has 6 nitrogen and oxygen atoms in total. The number of carbonyl (C=O) groups is 1. The summed E-state index contributed by atoms with van der Waals surface area (Å²) in [7, 11) is 0. The maximum Gasteiger partial charge on any atom is 0.354 e. The fourth-order valence-corrected chi connectivity index (χ4v) is 1.62. The first kappa shape index (κ1) is 13.1. The van der Waals surface area contributed by atoms with Gasteiger partial charge in [0, 0.05) is 12.3 Å². The van der Waals surface area contributed by atoms with Crippen LogP contribution in [-0.4, -0.2) is 32.4 Å². The molecule has 1 N–H and O–H groups in total. The lowest BCUT2D eigenvalue weighted by Crippen LogP contribution is -2.09. The summed E-state index contributed by atoms with van der Waals surface area (Å²) < 4.78 is 6.33. The van der Waals surface area contributed by atoms with Gasteiger partial charge in [0.2, 0.25) is 5.88 Å². The molecule has 2 aromatic heterocycles. The number of nitrogens with zero attached hydrogens (tertiary/aromatic N) is 3. The lowest BCUT2D eigenvalue weighted by atomic mass is 10.4. The third-order valence-electron chi connectivity index (χ3n) is 2.19. The second kappa shape index (κ2) is 5.53. The van der Waals surface area contributed by atoms with E-state index in [2.05, 4.69) is 16.7 Å². The molecule has 0 saturated heterocycles. The van der Waals surface area contributed by atoms with Crippen LogP contribution in [0, 0.1) is 0 Å². The van der Waals surface area contributed by atoms with Gasteiger partial charge in [-0.2, -0.15) is 0 Å². The van der Waals surface area contributed by atoms with E-state index >= 15 is 0 Å². The molecule has 0 saturated carbocycles. The summed E-state index contributed by atoms with van der Waals surface area (Å²) in [5, 5.41) is 13.5. The van der Waals surface area contributed by atoms with Crippen molar-refractivity contribution in [2.75, 3.05) is 6.61 Å². The lowest BCUT2D eigenvalue weighted by molar-refractivity contribution is 0.0686. The predicted octanol–water partition coefficient (Wildman–Crippen LogP) is 2.18. The van der Waals surface area contributed by atoms with Gasteiger partial charge in [-0.25, -0.2) is 14.5 Å². The van der Waals surface area contributed by atoms with E-state index in [1.807, 2.05) is 0 Å². The topological polar surface area (TPSA) is 77.2 Å². The molecule has 0 atom stereocenters. The monoisotopic (exact) mass is 279 g/mol. The number of hydrogen-bond donors (Lipinski definition) is 1. The van der Waals surface area contributed by atoms with E-state index < -0.39 is 5.97 Å². The summed E-state index contributed by atoms with van der Waals surface area (Å²) >= 11 is 5.98. The molecule has 0 aliphatic carbocycles. The highest BCUT2D eigenvalue weighted by molar-refractivity contribution is 6.32. The van der Waals surface area contributed by atoms with Crippen molar-refractivity contribution in [3.05, 3.63) is 47.8 Å². The number of carboxylic acids is 1. The van der Waals surface area contributed by atoms with E-state index in [-0.39, 0.29) is 24.0 Å². The molecule has 0 fully saturated rings. The van der Waals surface area contributed by atoms with Crippen LogP contribution >= 0.6 is 11.6 Å². The van der Waals surface area contributed by atoms with Crippen molar-refractivity contribution in [3.63, 3.8) is 0 Å². The van der Waals surface area contributed by atoms with Gasteiger partial charge in [0.25, 0.3) is 0 Å². The SMILES string of the molecule is C=CCOc1cc(C(=O)O)n(-c2ncccc2Cl)n1. The average Bonchev–Trinajstić information content (AvgIpc) is 2.81. The quantitative estimate of drug-likeness (QED) is 0.849.